The number of hydrogen-bond donors (Lipinski definition) is 1. The smallest absolute Gasteiger partial charge is 0.256 e. The number of carbonyl (C=O) groups excluding carboxylic acids is 2. The largest absolute Gasteiger partial charge is 0.361 e. The van der Waals surface area contributed by atoms with E-state index in [1.54, 1.807) is 6.92 Å². The molecule has 1 saturated carbocycles. The van der Waals surface area contributed by atoms with Gasteiger partial charge < -0.3 is 19.3 Å². The van der Waals surface area contributed by atoms with E-state index in [1.165, 1.54) is 6.20 Å². The van der Waals surface area contributed by atoms with Crippen molar-refractivity contribution in [3.05, 3.63) is 53.7 Å². The monoisotopic (exact) mass is 449 g/mol. The number of piperidine rings is 1. The molecule has 1 aromatic carbocycles. The molecule has 172 valence electrons. The number of amides is 2. The second kappa shape index (κ2) is 9.17. The summed E-state index contributed by atoms with van der Waals surface area (Å²) in [4.78, 5) is 32.7. The molecule has 9 nitrogen and oxygen atoms in total. The summed E-state index contributed by atoms with van der Waals surface area (Å²) in [5, 5.41) is 10.9. The predicted molar refractivity (Wildman–Crippen MR) is 118 cm³/mol. The van der Waals surface area contributed by atoms with Gasteiger partial charge in [0, 0.05) is 30.6 Å². The molecule has 2 aliphatic rings. The van der Waals surface area contributed by atoms with Crippen LogP contribution >= 0.6 is 0 Å². The van der Waals surface area contributed by atoms with Gasteiger partial charge >= 0.3 is 0 Å². The molecule has 5 rings (SSSR count). The van der Waals surface area contributed by atoms with Crippen molar-refractivity contribution in [2.75, 3.05) is 13.1 Å². The zero-order valence-electron chi connectivity index (χ0n) is 18.6. The SMILES string of the molecule is Cc1oncc1C(=O)N[C@@H]1C[C@@H](C(=O)N2CCCCC2)C[C@@H]1c1nc(-c2ccccc2)no1. The van der Waals surface area contributed by atoms with Crippen LogP contribution in [0.1, 0.15) is 60.0 Å². The minimum Gasteiger partial charge on any atom is -0.361 e. The van der Waals surface area contributed by atoms with E-state index in [-0.39, 0.29) is 29.7 Å². The maximum Gasteiger partial charge on any atom is 0.256 e. The van der Waals surface area contributed by atoms with E-state index in [4.69, 9.17) is 9.05 Å². The van der Waals surface area contributed by atoms with E-state index in [1.807, 2.05) is 35.2 Å². The number of aromatic nitrogens is 3. The predicted octanol–water partition coefficient (Wildman–Crippen LogP) is 3.34. The molecule has 1 N–H and O–H groups in total. The Bertz CT molecular complexity index is 1120. The van der Waals surface area contributed by atoms with Crippen LogP contribution in [0.25, 0.3) is 11.4 Å². The van der Waals surface area contributed by atoms with Crippen LogP contribution in [0.5, 0.6) is 0 Å². The van der Waals surface area contributed by atoms with Gasteiger partial charge in [-0.1, -0.05) is 40.6 Å². The minimum atomic E-state index is -0.311. The van der Waals surface area contributed by atoms with Gasteiger partial charge in [0.05, 0.1) is 12.1 Å². The topological polar surface area (TPSA) is 114 Å². The summed E-state index contributed by atoms with van der Waals surface area (Å²) in [7, 11) is 0. The van der Waals surface area contributed by atoms with Crippen molar-refractivity contribution in [2.24, 2.45) is 5.92 Å². The highest BCUT2D eigenvalue weighted by Crippen LogP contribution is 2.40. The second-order valence-electron chi connectivity index (χ2n) is 8.86. The first kappa shape index (κ1) is 21.4. The van der Waals surface area contributed by atoms with Crippen LogP contribution < -0.4 is 5.32 Å². The third-order valence-corrected chi connectivity index (χ3v) is 6.68. The number of rotatable bonds is 5. The van der Waals surface area contributed by atoms with Crippen LogP contribution in [0.3, 0.4) is 0 Å². The van der Waals surface area contributed by atoms with Crippen LogP contribution in [0.15, 0.2) is 45.6 Å². The fourth-order valence-electron chi connectivity index (χ4n) is 4.90. The molecule has 0 spiro atoms. The average Bonchev–Trinajstić information content (AvgIpc) is 3.59. The van der Waals surface area contributed by atoms with Crippen molar-refractivity contribution in [2.45, 2.75) is 51.0 Å². The van der Waals surface area contributed by atoms with Crippen molar-refractivity contribution in [3.63, 3.8) is 0 Å². The van der Waals surface area contributed by atoms with Crippen molar-refractivity contribution in [1.29, 1.82) is 0 Å². The zero-order valence-corrected chi connectivity index (χ0v) is 18.6. The van der Waals surface area contributed by atoms with Gasteiger partial charge in [0.15, 0.2) is 0 Å². The van der Waals surface area contributed by atoms with E-state index in [0.717, 1.165) is 37.9 Å². The lowest BCUT2D eigenvalue weighted by Gasteiger charge is -2.29. The zero-order chi connectivity index (χ0) is 22.8. The Balaban J connectivity index is 1.39. The quantitative estimate of drug-likeness (QED) is 0.635. The number of nitrogens with zero attached hydrogens (tertiary/aromatic N) is 4. The number of benzene rings is 1. The van der Waals surface area contributed by atoms with E-state index >= 15 is 0 Å². The molecule has 0 unspecified atom stereocenters. The lowest BCUT2D eigenvalue weighted by atomic mass is 10.0. The molecule has 2 fully saturated rings. The van der Waals surface area contributed by atoms with E-state index in [2.05, 4.69) is 20.6 Å². The summed E-state index contributed by atoms with van der Waals surface area (Å²) in [6, 6.07) is 9.28. The molecule has 1 saturated heterocycles. The number of nitrogens with one attached hydrogen (secondary N) is 1. The number of aryl methyl sites for hydroxylation is 1. The van der Waals surface area contributed by atoms with Gasteiger partial charge in [-0.15, -0.1) is 0 Å². The van der Waals surface area contributed by atoms with Crippen LogP contribution in [0.2, 0.25) is 0 Å². The normalized spacial score (nSPS) is 22.9. The molecule has 3 heterocycles. The number of likely N-dealkylation sites (tertiary alicyclic amines) is 1. The standard InChI is InChI=1S/C24H27N5O4/c1-15-19(14-25-32-15)22(30)26-20-13-17(24(31)29-10-6-3-7-11-29)12-18(20)23-27-21(28-33-23)16-8-4-2-5-9-16/h2,4-5,8-9,14,17-18,20H,3,6-7,10-13H2,1H3,(H,26,30)/t17-,18-,20+/m0/s1. The van der Waals surface area contributed by atoms with E-state index in [9.17, 15) is 9.59 Å². The number of carbonyl (C=O) groups is 2. The Morgan fingerprint density at radius 3 is 2.58 bits per heavy atom. The highest BCUT2D eigenvalue weighted by molar-refractivity contribution is 5.95. The van der Waals surface area contributed by atoms with Gasteiger partial charge in [-0.3, -0.25) is 9.59 Å². The van der Waals surface area contributed by atoms with Crippen molar-refractivity contribution < 1.29 is 18.6 Å². The third kappa shape index (κ3) is 4.40. The highest BCUT2D eigenvalue weighted by Gasteiger charge is 2.44. The van der Waals surface area contributed by atoms with Crippen LogP contribution in [-0.4, -0.2) is 51.1 Å². The molecule has 3 aromatic rings. The third-order valence-electron chi connectivity index (χ3n) is 6.68. The number of hydrogen-bond acceptors (Lipinski definition) is 7. The van der Waals surface area contributed by atoms with Crippen LogP contribution in [-0.2, 0) is 4.79 Å². The fourth-order valence-corrected chi connectivity index (χ4v) is 4.90. The Morgan fingerprint density at radius 2 is 1.85 bits per heavy atom. The second-order valence-corrected chi connectivity index (χ2v) is 8.86. The molecular formula is C24H27N5O4. The van der Waals surface area contributed by atoms with Gasteiger partial charge in [-0.25, -0.2) is 0 Å². The van der Waals surface area contributed by atoms with Gasteiger partial charge in [-0.2, -0.15) is 4.98 Å². The lowest BCUT2D eigenvalue weighted by molar-refractivity contribution is -0.136. The van der Waals surface area contributed by atoms with E-state index in [0.29, 0.717) is 35.9 Å². The first-order chi connectivity index (χ1) is 16.1. The summed E-state index contributed by atoms with van der Waals surface area (Å²) in [6.45, 7) is 3.30. The molecule has 1 aliphatic heterocycles. The fraction of sp³-hybridized carbons (Fsp3) is 0.458. The highest BCUT2D eigenvalue weighted by atomic mass is 16.5. The maximum atomic E-state index is 13.2. The van der Waals surface area contributed by atoms with Crippen molar-refractivity contribution >= 4 is 11.8 Å². The molecular weight excluding hydrogens is 422 g/mol. The molecule has 2 amide bonds. The summed E-state index contributed by atoms with van der Waals surface area (Å²) >= 11 is 0. The Labute approximate surface area is 191 Å². The molecule has 0 radical (unpaired) electrons. The molecule has 1 aliphatic carbocycles. The van der Waals surface area contributed by atoms with Gasteiger partial charge in [0.25, 0.3) is 5.91 Å². The van der Waals surface area contributed by atoms with Crippen LogP contribution in [0, 0.1) is 12.8 Å². The molecule has 0 bridgehead atoms. The van der Waals surface area contributed by atoms with Crippen LogP contribution in [0.4, 0.5) is 0 Å². The summed E-state index contributed by atoms with van der Waals surface area (Å²) in [5.74, 6) is 0.809. The van der Waals surface area contributed by atoms with Gasteiger partial charge in [-0.05, 0) is 39.0 Å². The molecule has 3 atom stereocenters. The van der Waals surface area contributed by atoms with Crippen molar-refractivity contribution in [3.8, 4) is 11.4 Å². The Hall–Kier alpha value is -3.49. The average molecular weight is 450 g/mol. The molecule has 2 aromatic heterocycles. The Kier molecular flexibility index (Phi) is 5.93. The lowest BCUT2D eigenvalue weighted by Crippen LogP contribution is -2.40. The molecule has 33 heavy (non-hydrogen) atoms. The maximum absolute atomic E-state index is 13.2. The van der Waals surface area contributed by atoms with Gasteiger partial charge in [0.2, 0.25) is 17.6 Å². The molecule has 9 heteroatoms. The van der Waals surface area contributed by atoms with E-state index < -0.39 is 0 Å². The summed E-state index contributed by atoms with van der Waals surface area (Å²) < 4.78 is 10.7. The summed E-state index contributed by atoms with van der Waals surface area (Å²) in [6.07, 6.45) is 5.74. The summed E-state index contributed by atoms with van der Waals surface area (Å²) in [5.41, 5.74) is 1.24. The van der Waals surface area contributed by atoms with Gasteiger partial charge in [0.1, 0.15) is 11.3 Å². The minimum absolute atomic E-state index is 0.153. The Morgan fingerprint density at radius 1 is 1.06 bits per heavy atom. The van der Waals surface area contributed by atoms with Crippen molar-refractivity contribution in [1.82, 2.24) is 25.5 Å². The first-order valence-electron chi connectivity index (χ1n) is 11.5. The first-order valence-corrected chi connectivity index (χ1v) is 11.5.